The van der Waals surface area contributed by atoms with Crippen LogP contribution in [0.4, 0.5) is 0 Å². The summed E-state index contributed by atoms with van der Waals surface area (Å²) in [6.07, 6.45) is 2.70. The molecule has 108 valence electrons. The van der Waals surface area contributed by atoms with Gasteiger partial charge < -0.3 is 15.1 Å². The molecule has 1 aliphatic heterocycles. The standard InChI is InChI=1S/C15H27N3O/c1-5-12(16)15(14-7-6-8-19-14)18-9-11(2)13(10-18)17(3)4/h6-8,11-13,15H,5,9-10,16H2,1-4H3. The first-order valence-corrected chi connectivity index (χ1v) is 7.24. The minimum atomic E-state index is 0.124. The highest BCUT2D eigenvalue weighted by molar-refractivity contribution is 5.09. The molecular formula is C15H27N3O. The Kier molecular flexibility index (Phi) is 4.66. The van der Waals surface area contributed by atoms with Crippen molar-refractivity contribution < 1.29 is 4.42 Å². The summed E-state index contributed by atoms with van der Waals surface area (Å²) in [5, 5.41) is 0. The first-order valence-electron chi connectivity index (χ1n) is 7.24. The zero-order chi connectivity index (χ0) is 14.0. The van der Waals surface area contributed by atoms with Crippen molar-refractivity contribution in [2.24, 2.45) is 11.7 Å². The van der Waals surface area contributed by atoms with Gasteiger partial charge in [-0.2, -0.15) is 0 Å². The predicted octanol–water partition coefficient (Wildman–Crippen LogP) is 1.94. The molecule has 4 nitrogen and oxygen atoms in total. The first kappa shape index (κ1) is 14.6. The van der Waals surface area contributed by atoms with Crippen molar-refractivity contribution >= 4 is 0 Å². The van der Waals surface area contributed by atoms with E-state index in [2.05, 4.69) is 37.7 Å². The Labute approximate surface area is 116 Å². The van der Waals surface area contributed by atoms with Gasteiger partial charge in [-0.05, 0) is 38.6 Å². The van der Waals surface area contributed by atoms with Crippen LogP contribution in [0.25, 0.3) is 0 Å². The summed E-state index contributed by atoms with van der Waals surface area (Å²) in [6, 6.07) is 4.93. The van der Waals surface area contributed by atoms with Crippen LogP contribution < -0.4 is 5.73 Å². The van der Waals surface area contributed by atoms with Crippen LogP contribution in [0.5, 0.6) is 0 Å². The predicted molar refractivity (Wildman–Crippen MR) is 77.9 cm³/mol. The topological polar surface area (TPSA) is 45.6 Å². The average Bonchev–Trinajstić information content (AvgIpc) is 2.99. The third-order valence-corrected chi connectivity index (χ3v) is 4.37. The normalized spacial score (nSPS) is 27.9. The van der Waals surface area contributed by atoms with Crippen LogP contribution in [-0.2, 0) is 0 Å². The number of nitrogens with zero attached hydrogens (tertiary/aromatic N) is 2. The van der Waals surface area contributed by atoms with E-state index in [0.717, 1.165) is 25.3 Å². The number of likely N-dealkylation sites (tertiary alicyclic amines) is 1. The van der Waals surface area contributed by atoms with E-state index in [-0.39, 0.29) is 12.1 Å². The molecule has 0 saturated carbocycles. The fraction of sp³-hybridized carbons (Fsp3) is 0.733. The summed E-state index contributed by atoms with van der Waals surface area (Å²) < 4.78 is 5.63. The lowest BCUT2D eigenvalue weighted by molar-refractivity contribution is 0.167. The number of hydrogen-bond donors (Lipinski definition) is 1. The Balaban J connectivity index is 2.17. The second-order valence-corrected chi connectivity index (χ2v) is 5.99. The van der Waals surface area contributed by atoms with Gasteiger partial charge in [0.1, 0.15) is 5.76 Å². The summed E-state index contributed by atoms with van der Waals surface area (Å²) in [4.78, 5) is 4.81. The maximum Gasteiger partial charge on any atom is 0.122 e. The van der Waals surface area contributed by atoms with E-state index in [9.17, 15) is 0 Å². The quantitative estimate of drug-likeness (QED) is 0.884. The molecule has 1 saturated heterocycles. The molecule has 2 heterocycles. The molecule has 2 N–H and O–H groups in total. The number of rotatable bonds is 5. The summed E-state index contributed by atoms with van der Waals surface area (Å²) in [5.74, 6) is 1.66. The highest BCUT2D eigenvalue weighted by atomic mass is 16.3. The van der Waals surface area contributed by atoms with Gasteiger partial charge in [0.15, 0.2) is 0 Å². The molecule has 1 aromatic heterocycles. The van der Waals surface area contributed by atoms with Crippen LogP contribution in [0.1, 0.15) is 32.1 Å². The molecule has 4 heteroatoms. The Hall–Kier alpha value is -0.840. The third kappa shape index (κ3) is 3.02. The van der Waals surface area contributed by atoms with E-state index in [0.29, 0.717) is 12.0 Å². The van der Waals surface area contributed by atoms with E-state index in [1.54, 1.807) is 6.26 Å². The van der Waals surface area contributed by atoms with Gasteiger partial charge in [0.2, 0.25) is 0 Å². The molecule has 0 aliphatic carbocycles. The van der Waals surface area contributed by atoms with Gasteiger partial charge in [0.05, 0.1) is 12.3 Å². The van der Waals surface area contributed by atoms with Crippen molar-refractivity contribution in [1.82, 2.24) is 9.80 Å². The molecule has 4 atom stereocenters. The van der Waals surface area contributed by atoms with E-state index >= 15 is 0 Å². The fourth-order valence-electron chi connectivity index (χ4n) is 3.23. The number of furan rings is 1. The van der Waals surface area contributed by atoms with Crippen LogP contribution in [0.3, 0.4) is 0 Å². The molecule has 4 unspecified atom stereocenters. The number of hydrogen-bond acceptors (Lipinski definition) is 4. The van der Waals surface area contributed by atoms with Crippen molar-refractivity contribution in [3.63, 3.8) is 0 Å². The maximum absolute atomic E-state index is 6.34. The zero-order valence-corrected chi connectivity index (χ0v) is 12.5. The Morgan fingerprint density at radius 2 is 2.21 bits per heavy atom. The van der Waals surface area contributed by atoms with Gasteiger partial charge in [-0.1, -0.05) is 13.8 Å². The van der Waals surface area contributed by atoms with E-state index in [1.165, 1.54) is 0 Å². The monoisotopic (exact) mass is 265 g/mol. The smallest absolute Gasteiger partial charge is 0.122 e. The Morgan fingerprint density at radius 3 is 2.68 bits per heavy atom. The Bertz CT molecular complexity index is 377. The van der Waals surface area contributed by atoms with Gasteiger partial charge in [0.25, 0.3) is 0 Å². The lowest BCUT2D eigenvalue weighted by Gasteiger charge is -2.31. The van der Waals surface area contributed by atoms with Crippen LogP contribution in [0.15, 0.2) is 22.8 Å². The molecule has 1 aliphatic rings. The molecule has 1 aromatic rings. The van der Waals surface area contributed by atoms with Crippen molar-refractivity contribution in [3.8, 4) is 0 Å². The number of nitrogens with two attached hydrogens (primary N) is 1. The zero-order valence-electron chi connectivity index (χ0n) is 12.5. The maximum atomic E-state index is 6.34. The van der Waals surface area contributed by atoms with E-state index in [4.69, 9.17) is 10.2 Å². The largest absolute Gasteiger partial charge is 0.468 e. The highest BCUT2D eigenvalue weighted by Gasteiger charge is 2.38. The van der Waals surface area contributed by atoms with Crippen molar-refractivity contribution in [2.45, 2.75) is 38.4 Å². The number of likely N-dealkylation sites (N-methyl/N-ethyl adjacent to an activating group) is 1. The van der Waals surface area contributed by atoms with Crippen LogP contribution in [0.2, 0.25) is 0 Å². The summed E-state index contributed by atoms with van der Waals surface area (Å²) in [6.45, 7) is 6.61. The van der Waals surface area contributed by atoms with E-state index in [1.807, 2.05) is 12.1 Å². The Morgan fingerprint density at radius 1 is 1.47 bits per heavy atom. The molecule has 0 spiro atoms. The summed E-state index contributed by atoms with van der Waals surface area (Å²) in [5.41, 5.74) is 6.34. The second kappa shape index (κ2) is 6.07. The van der Waals surface area contributed by atoms with Gasteiger partial charge in [-0.25, -0.2) is 0 Å². The van der Waals surface area contributed by atoms with Gasteiger partial charge in [-0.15, -0.1) is 0 Å². The molecule has 2 rings (SSSR count). The van der Waals surface area contributed by atoms with Gasteiger partial charge in [-0.3, -0.25) is 4.90 Å². The molecule has 0 aromatic carbocycles. The SMILES string of the molecule is CCC(N)C(c1ccco1)N1CC(C)C(N(C)C)C1. The third-order valence-electron chi connectivity index (χ3n) is 4.37. The van der Waals surface area contributed by atoms with Crippen LogP contribution in [-0.4, -0.2) is 49.1 Å². The average molecular weight is 265 g/mol. The fourth-order valence-corrected chi connectivity index (χ4v) is 3.23. The molecule has 0 bridgehead atoms. The molecule has 0 amide bonds. The van der Waals surface area contributed by atoms with Crippen molar-refractivity contribution in [1.29, 1.82) is 0 Å². The molecular weight excluding hydrogens is 238 g/mol. The van der Waals surface area contributed by atoms with Gasteiger partial charge >= 0.3 is 0 Å². The molecule has 1 fully saturated rings. The summed E-state index contributed by atoms with van der Waals surface area (Å²) in [7, 11) is 4.32. The van der Waals surface area contributed by atoms with Gasteiger partial charge in [0, 0.05) is 25.2 Å². The lowest BCUT2D eigenvalue weighted by Crippen LogP contribution is -2.41. The second-order valence-electron chi connectivity index (χ2n) is 5.99. The van der Waals surface area contributed by atoms with E-state index < -0.39 is 0 Å². The van der Waals surface area contributed by atoms with Crippen LogP contribution in [0, 0.1) is 5.92 Å². The molecule has 0 radical (unpaired) electrons. The highest BCUT2D eigenvalue weighted by Crippen LogP contribution is 2.32. The van der Waals surface area contributed by atoms with Crippen LogP contribution >= 0.6 is 0 Å². The van der Waals surface area contributed by atoms with Crippen molar-refractivity contribution in [2.75, 3.05) is 27.2 Å². The summed E-state index contributed by atoms with van der Waals surface area (Å²) >= 11 is 0. The molecule has 19 heavy (non-hydrogen) atoms. The minimum absolute atomic E-state index is 0.124. The first-order chi connectivity index (χ1) is 9.04. The minimum Gasteiger partial charge on any atom is -0.468 e. The lowest BCUT2D eigenvalue weighted by atomic mass is 10.0. The van der Waals surface area contributed by atoms with Crippen molar-refractivity contribution in [3.05, 3.63) is 24.2 Å².